The number of nitrogens with two attached hydrogens (primary N) is 1. The highest BCUT2D eigenvalue weighted by Crippen LogP contribution is 2.46. The predicted octanol–water partition coefficient (Wildman–Crippen LogP) is 6.13. The molecule has 1 amide bonds. The van der Waals surface area contributed by atoms with Gasteiger partial charge in [-0.05, 0) is 82.6 Å². The molecule has 1 aliphatic rings. The molecule has 0 atom stereocenters. The minimum Gasteiger partial charge on any atom is -0.368 e. The number of unbranched alkanes of at least 4 members (excludes halogenated alkanes) is 1. The lowest BCUT2D eigenvalue weighted by molar-refractivity contribution is 0.1000. The SMILES string of the molecule is CCCCc1c(C(N)=O)c(N2CCNCC2)c(-c2cccc(C)c2C)c2cc3ccccc3cc12. The number of anilines is 1. The second-order valence-electron chi connectivity index (χ2n) is 9.77. The van der Waals surface area contributed by atoms with Crippen LogP contribution in [0.4, 0.5) is 5.69 Å². The van der Waals surface area contributed by atoms with Gasteiger partial charge in [-0.2, -0.15) is 0 Å². The largest absolute Gasteiger partial charge is 0.368 e. The first-order chi connectivity index (χ1) is 17.0. The number of rotatable bonds is 6. The number of hydrogen-bond donors (Lipinski definition) is 2. The van der Waals surface area contributed by atoms with Crippen molar-refractivity contribution in [1.29, 1.82) is 0 Å². The molecule has 1 aliphatic heterocycles. The summed E-state index contributed by atoms with van der Waals surface area (Å²) in [6, 6.07) is 19.6. The number of piperazine rings is 1. The molecule has 4 nitrogen and oxygen atoms in total. The Morgan fingerprint density at radius 3 is 2.31 bits per heavy atom. The minimum atomic E-state index is -0.328. The quantitative estimate of drug-likeness (QED) is 0.337. The van der Waals surface area contributed by atoms with E-state index in [1.165, 1.54) is 32.8 Å². The average Bonchev–Trinajstić information content (AvgIpc) is 2.87. The Morgan fingerprint density at radius 1 is 0.971 bits per heavy atom. The van der Waals surface area contributed by atoms with Crippen molar-refractivity contribution in [3.63, 3.8) is 0 Å². The monoisotopic (exact) mass is 465 g/mol. The number of nitrogens with zero attached hydrogens (tertiary/aromatic N) is 1. The fourth-order valence-electron chi connectivity index (χ4n) is 5.60. The van der Waals surface area contributed by atoms with Gasteiger partial charge in [0.1, 0.15) is 0 Å². The summed E-state index contributed by atoms with van der Waals surface area (Å²) in [5.74, 6) is -0.328. The summed E-state index contributed by atoms with van der Waals surface area (Å²) in [6.45, 7) is 10.0. The lowest BCUT2D eigenvalue weighted by Gasteiger charge is -2.35. The Morgan fingerprint density at radius 2 is 1.66 bits per heavy atom. The smallest absolute Gasteiger partial charge is 0.251 e. The third kappa shape index (κ3) is 4.17. The number of aryl methyl sites for hydroxylation is 2. The molecule has 1 heterocycles. The molecule has 0 aliphatic carbocycles. The number of carbonyl (C=O) groups is 1. The van der Waals surface area contributed by atoms with Gasteiger partial charge >= 0.3 is 0 Å². The summed E-state index contributed by atoms with van der Waals surface area (Å²) in [7, 11) is 0. The molecule has 0 aromatic heterocycles. The van der Waals surface area contributed by atoms with Crippen LogP contribution in [0.25, 0.3) is 32.7 Å². The molecule has 0 saturated carbocycles. The standard InChI is InChI=1S/C31H35N3O/c1-4-5-12-25-26-18-22-10-6-7-11-23(22)19-27(26)28(24-13-8-9-20(2)21(24)3)30(29(25)31(32)35)34-16-14-33-15-17-34/h6-11,13,18-19,33H,4-5,12,14-17H2,1-3H3,(H2,32,35). The number of fused-ring (bicyclic) bond motifs is 2. The molecule has 1 fully saturated rings. The summed E-state index contributed by atoms with van der Waals surface area (Å²) >= 11 is 0. The van der Waals surface area contributed by atoms with Gasteiger partial charge in [0, 0.05) is 31.7 Å². The maximum atomic E-state index is 13.3. The molecule has 3 N–H and O–H groups in total. The van der Waals surface area contributed by atoms with Gasteiger partial charge < -0.3 is 16.0 Å². The molecule has 1 saturated heterocycles. The zero-order valence-corrected chi connectivity index (χ0v) is 21.1. The molecule has 0 spiro atoms. The molecule has 5 rings (SSSR count). The van der Waals surface area contributed by atoms with Crippen molar-refractivity contribution in [2.24, 2.45) is 5.73 Å². The molecule has 0 bridgehead atoms. The predicted molar refractivity (Wildman–Crippen MR) is 149 cm³/mol. The third-order valence-electron chi connectivity index (χ3n) is 7.59. The van der Waals surface area contributed by atoms with E-state index in [4.69, 9.17) is 5.73 Å². The highest BCUT2D eigenvalue weighted by atomic mass is 16.1. The molecule has 4 aromatic carbocycles. The van der Waals surface area contributed by atoms with Crippen molar-refractivity contribution in [3.05, 3.63) is 76.9 Å². The second-order valence-corrected chi connectivity index (χ2v) is 9.77. The second kappa shape index (κ2) is 9.71. The molecular formula is C31H35N3O. The van der Waals surface area contributed by atoms with E-state index < -0.39 is 0 Å². The van der Waals surface area contributed by atoms with Gasteiger partial charge in [0.15, 0.2) is 0 Å². The molecule has 180 valence electrons. The van der Waals surface area contributed by atoms with Gasteiger partial charge in [-0.25, -0.2) is 0 Å². The van der Waals surface area contributed by atoms with Crippen LogP contribution in [0.1, 0.15) is 46.8 Å². The molecule has 4 aromatic rings. The summed E-state index contributed by atoms with van der Waals surface area (Å²) < 4.78 is 0. The fourth-order valence-corrected chi connectivity index (χ4v) is 5.60. The zero-order valence-electron chi connectivity index (χ0n) is 21.1. The molecule has 0 unspecified atom stereocenters. The van der Waals surface area contributed by atoms with Crippen LogP contribution in [-0.2, 0) is 6.42 Å². The minimum absolute atomic E-state index is 0.328. The van der Waals surface area contributed by atoms with E-state index in [0.717, 1.165) is 67.6 Å². The van der Waals surface area contributed by atoms with E-state index in [1.807, 2.05) is 0 Å². The Balaban J connectivity index is 2.00. The number of nitrogens with one attached hydrogen (secondary N) is 1. The van der Waals surface area contributed by atoms with Crippen LogP contribution in [0.15, 0.2) is 54.6 Å². The van der Waals surface area contributed by atoms with Crippen molar-refractivity contribution in [3.8, 4) is 11.1 Å². The van der Waals surface area contributed by atoms with Gasteiger partial charge in [-0.3, -0.25) is 4.79 Å². The van der Waals surface area contributed by atoms with E-state index >= 15 is 0 Å². The van der Waals surface area contributed by atoms with Crippen LogP contribution in [0.5, 0.6) is 0 Å². The van der Waals surface area contributed by atoms with Crippen LogP contribution >= 0.6 is 0 Å². The summed E-state index contributed by atoms with van der Waals surface area (Å²) in [4.78, 5) is 15.7. The molecular weight excluding hydrogens is 430 g/mol. The number of hydrogen-bond acceptors (Lipinski definition) is 3. The van der Waals surface area contributed by atoms with E-state index in [0.29, 0.717) is 5.56 Å². The van der Waals surface area contributed by atoms with E-state index in [-0.39, 0.29) is 5.91 Å². The number of carbonyl (C=O) groups excluding carboxylic acids is 1. The normalized spacial score (nSPS) is 14.1. The van der Waals surface area contributed by atoms with E-state index in [1.54, 1.807) is 0 Å². The lowest BCUT2D eigenvalue weighted by Crippen LogP contribution is -2.44. The first-order valence-corrected chi connectivity index (χ1v) is 12.8. The highest BCUT2D eigenvalue weighted by Gasteiger charge is 2.28. The fraction of sp³-hybridized carbons (Fsp3) is 0.323. The van der Waals surface area contributed by atoms with Gasteiger partial charge in [0.2, 0.25) is 0 Å². The summed E-state index contributed by atoms with van der Waals surface area (Å²) in [6.07, 6.45) is 2.93. The van der Waals surface area contributed by atoms with Crippen molar-refractivity contribution < 1.29 is 4.79 Å². The van der Waals surface area contributed by atoms with Gasteiger partial charge in [0.05, 0.1) is 11.3 Å². The maximum absolute atomic E-state index is 13.3. The van der Waals surface area contributed by atoms with Crippen molar-refractivity contribution in [1.82, 2.24) is 5.32 Å². The van der Waals surface area contributed by atoms with Gasteiger partial charge in [-0.1, -0.05) is 55.8 Å². The van der Waals surface area contributed by atoms with E-state index in [9.17, 15) is 4.79 Å². The highest BCUT2D eigenvalue weighted by molar-refractivity contribution is 6.17. The van der Waals surface area contributed by atoms with Gasteiger partial charge in [0.25, 0.3) is 5.91 Å². The maximum Gasteiger partial charge on any atom is 0.251 e. The van der Waals surface area contributed by atoms with Crippen LogP contribution in [0.2, 0.25) is 0 Å². The summed E-state index contributed by atoms with van der Waals surface area (Å²) in [5.41, 5.74) is 13.9. The van der Waals surface area contributed by atoms with Crippen LogP contribution in [0.3, 0.4) is 0 Å². The van der Waals surface area contributed by atoms with Crippen molar-refractivity contribution in [2.45, 2.75) is 40.0 Å². The Kier molecular flexibility index (Phi) is 6.48. The Labute approximate surface area is 208 Å². The topological polar surface area (TPSA) is 58.4 Å². The van der Waals surface area contributed by atoms with Crippen LogP contribution in [-0.4, -0.2) is 32.1 Å². The van der Waals surface area contributed by atoms with Crippen LogP contribution < -0.4 is 16.0 Å². The molecule has 0 radical (unpaired) electrons. The van der Waals surface area contributed by atoms with Crippen LogP contribution in [0, 0.1) is 13.8 Å². The Hall–Kier alpha value is -3.37. The average molecular weight is 466 g/mol. The zero-order chi connectivity index (χ0) is 24.5. The van der Waals surface area contributed by atoms with Crippen molar-refractivity contribution >= 4 is 33.1 Å². The van der Waals surface area contributed by atoms with Crippen molar-refractivity contribution in [2.75, 3.05) is 31.1 Å². The number of primary amides is 1. The molecule has 35 heavy (non-hydrogen) atoms. The van der Waals surface area contributed by atoms with E-state index in [2.05, 4.69) is 85.6 Å². The van der Waals surface area contributed by atoms with Gasteiger partial charge in [-0.15, -0.1) is 0 Å². The number of amides is 1. The first-order valence-electron chi connectivity index (χ1n) is 12.8. The summed E-state index contributed by atoms with van der Waals surface area (Å²) in [5, 5.41) is 8.23. The number of benzene rings is 4. The third-order valence-corrected chi connectivity index (χ3v) is 7.59. The Bertz CT molecular complexity index is 1420. The first kappa shape index (κ1) is 23.4. The molecule has 4 heteroatoms. The lowest BCUT2D eigenvalue weighted by atomic mass is 9.83.